The van der Waals surface area contributed by atoms with E-state index < -0.39 is 21.1 Å². The van der Waals surface area contributed by atoms with Crippen LogP contribution in [0.5, 0.6) is 5.75 Å². The number of aromatic hydroxyl groups is 1. The Balaban J connectivity index is 1.53. The smallest absolute Gasteiger partial charge is 0.269 e. The molecule has 0 saturated heterocycles. The number of aliphatic hydroxyl groups is 1. The lowest BCUT2D eigenvalue weighted by atomic mass is 10.2. The maximum atomic E-state index is 13.7. The van der Waals surface area contributed by atoms with Crippen LogP contribution in [0.2, 0.25) is 0 Å². The van der Waals surface area contributed by atoms with Gasteiger partial charge in [-0.05, 0) is 72.8 Å². The van der Waals surface area contributed by atoms with Gasteiger partial charge in [0.25, 0.3) is 15.7 Å². The van der Waals surface area contributed by atoms with Gasteiger partial charge in [-0.1, -0.05) is 31.9 Å². The van der Waals surface area contributed by atoms with Crippen molar-refractivity contribution in [1.82, 2.24) is 4.57 Å². The summed E-state index contributed by atoms with van der Waals surface area (Å²) < 4.78 is 32.2. The van der Waals surface area contributed by atoms with Gasteiger partial charge in [-0.25, -0.2) is 8.42 Å². The average Bonchev–Trinajstić information content (AvgIpc) is 3.19. The van der Waals surface area contributed by atoms with E-state index in [0.29, 0.717) is 0 Å². The number of phenols is 1. The van der Waals surface area contributed by atoms with E-state index in [1.165, 1.54) is 24.3 Å². The number of nitrogens with zero attached hydrogens (tertiary/aromatic N) is 3. The van der Waals surface area contributed by atoms with Crippen molar-refractivity contribution in [1.29, 1.82) is 0 Å². The van der Waals surface area contributed by atoms with Crippen LogP contribution in [-0.2, 0) is 16.6 Å². The van der Waals surface area contributed by atoms with Crippen molar-refractivity contribution in [3.05, 3.63) is 104 Å². The molecular formula is C27H21Br2N3O6S. The molecule has 39 heavy (non-hydrogen) atoms. The van der Waals surface area contributed by atoms with Gasteiger partial charge >= 0.3 is 0 Å². The second kappa shape index (κ2) is 10.6. The highest BCUT2D eigenvalue weighted by atomic mass is 79.9. The van der Waals surface area contributed by atoms with E-state index in [2.05, 4.69) is 31.9 Å². The Morgan fingerprint density at radius 3 is 1.92 bits per heavy atom. The number of aromatic nitrogens is 1. The Bertz CT molecular complexity index is 1750. The summed E-state index contributed by atoms with van der Waals surface area (Å²) in [5.74, 6) is -0.0467. The number of hydrogen-bond donors (Lipinski definition) is 2. The Kier molecular flexibility index (Phi) is 7.38. The first-order valence-electron chi connectivity index (χ1n) is 11.7. The van der Waals surface area contributed by atoms with E-state index in [9.17, 15) is 28.7 Å². The summed E-state index contributed by atoms with van der Waals surface area (Å²) in [5.41, 5.74) is 1.73. The van der Waals surface area contributed by atoms with Gasteiger partial charge in [0.1, 0.15) is 5.75 Å². The minimum absolute atomic E-state index is 0.0467. The molecule has 200 valence electrons. The van der Waals surface area contributed by atoms with Gasteiger partial charge in [0.2, 0.25) is 0 Å². The molecule has 2 N–H and O–H groups in total. The molecule has 1 heterocycles. The summed E-state index contributed by atoms with van der Waals surface area (Å²) in [6.07, 6.45) is -1.14. The molecule has 4 aromatic carbocycles. The van der Waals surface area contributed by atoms with Crippen LogP contribution in [0, 0.1) is 10.1 Å². The van der Waals surface area contributed by atoms with E-state index in [1.807, 2.05) is 41.0 Å². The van der Waals surface area contributed by atoms with Crippen molar-refractivity contribution in [3.8, 4) is 5.75 Å². The molecule has 0 bridgehead atoms. The molecule has 0 fully saturated rings. The number of halogens is 2. The third-order valence-electron chi connectivity index (χ3n) is 6.33. The number of aliphatic hydroxyl groups excluding tert-OH is 1. The van der Waals surface area contributed by atoms with Crippen molar-refractivity contribution in [2.24, 2.45) is 0 Å². The zero-order chi connectivity index (χ0) is 27.9. The predicted molar refractivity (Wildman–Crippen MR) is 157 cm³/mol. The van der Waals surface area contributed by atoms with Gasteiger partial charge in [0.05, 0.1) is 34.7 Å². The molecule has 0 amide bonds. The number of phenolic OH excluding ortho intramolecular Hbond substituents is 1. The molecule has 0 aliphatic rings. The number of fused-ring (bicyclic) bond motifs is 3. The summed E-state index contributed by atoms with van der Waals surface area (Å²) in [6.45, 7) is -0.216. The molecule has 12 heteroatoms. The highest BCUT2D eigenvalue weighted by Crippen LogP contribution is 2.34. The minimum atomic E-state index is -4.23. The van der Waals surface area contributed by atoms with Crippen LogP contribution in [0.3, 0.4) is 0 Å². The summed E-state index contributed by atoms with van der Waals surface area (Å²) in [5, 5.41) is 34.0. The molecule has 0 radical (unpaired) electrons. The van der Waals surface area contributed by atoms with Crippen molar-refractivity contribution in [2.75, 3.05) is 10.8 Å². The van der Waals surface area contributed by atoms with Gasteiger partial charge in [0.15, 0.2) is 0 Å². The van der Waals surface area contributed by atoms with Gasteiger partial charge in [-0.3, -0.25) is 14.4 Å². The van der Waals surface area contributed by atoms with E-state index in [-0.39, 0.29) is 35.1 Å². The molecular weight excluding hydrogens is 654 g/mol. The van der Waals surface area contributed by atoms with Gasteiger partial charge in [0, 0.05) is 42.9 Å². The fourth-order valence-electron chi connectivity index (χ4n) is 4.53. The fourth-order valence-corrected chi connectivity index (χ4v) is 6.76. The summed E-state index contributed by atoms with van der Waals surface area (Å²) >= 11 is 7.04. The topological polar surface area (TPSA) is 126 Å². The van der Waals surface area contributed by atoms with Crippen LogP contribution >= 0.6 is 31.9 Å². The average molecular weight is 675 g/mol. The quantitative estimate of drug-likeness (QED) is 0.149. The lowest BCUT2D eigenvalue weighted by molar-refractivity contribution is -0.384. The Labute approximate surface area is 240 Å². The molecule has 5 rings (SSSR count). The fraction of sp³-hybridized carbons (Fsp3) is 0.111. The first kappa shape index (κ1) is 27.1. The van der Waals surface area contributed by atoms with E-state index in [0.717, 1.165) is 59.3 Å². The van der Waals surface area contributed by atoms with Crippen molar-refractivity contribution < 1.29 is 23.6 Å². The Hall–Kier alpha value is -3.45. The SMILES string of the molecule is O=[N+]([O-])c1ccc(S(=O)(=O)N(CC(O)Cn2c3ccc(Br)cc3c3cc(Br)ccc32)c2ccc(O)cc2)cc1. The summed E-state index contributed by atoms with van der Waals surface area (Å²) in [6, 6.07) is 21.8. The van der Waals surface area contributed by atoms with E-state index in [4.69, 9.17) is 0 Å². The lowest BCUT2D eigenvalue weighted by Gasteiger charge is -2.27. The van der Waals surface area contributed by atoms with Crippen LogP contribution < -0.4 is 4.31 Å². The monoisotopic (exact) mass is 673 g/mol. The molecule has 0 spiro atoms. The first-order valence-corrected chi connectivity index (χ1v) is 14.7. The second-order valence-corrected chi connectivity index (χ2v) is 12.6. The third-order valence-corrected chi connectivity index (χ3v) is 9.13. The third kappa shape index (κ3) is 5.37. The highest BCUT2D eigenvalue weighted by molar-refractivity contribution is 9.10. The first-order chi connectivity index (χ1) is 18.5. The number of anilines is 1. The van der Waals surface area contributed by atoms with Gasteiger partial charge in [-0.2, -0.15) is 0 Å². The molecule has 0 aliphatic carbocycles. The van der Waals surface area contributed by atoms with Crippen molar-refractivity contribution >= 4 is 75.1 Å². The zero-order valence-corrected chi connectivity index (χ0v) is 24.1. The van der Waals surface area contributed by atoms with Gasteiger partial charge in [-0.15, -0.1) is 0 Å². The number of nitro groups is 1. The van der Waals surface area contributed by atoms with Crippen LogP contribution in [0.4, 0.5) is 11.4 Å². The molecule has 0 saturated carbocycles. The number of non-ortho nitro benzene ring substituents is 1. The normalized spacial score (nSPS) is 12.6. The number of sulfonamides is 1. The molecule has 0 aliphatic heterocycles. The van der Waals surface area contributed by atoms with Crippen LogP contribution in [0.25, 0.3) is 21.8 Å². The highest BCUT2D eigenvalue weighted by Gasteiger charge is 2.28. The molecule has 1 atom stereocenters. The lowest BCUT2D eigenvalue weighted by Crippen LogP contribution is -2.39. The van der Waals surface area contributed by atoms with Crippen molar-refractivity contribution in [3.63, 3.8) is 0 Å². The molecule has 1 aromatic heterocycles. The van der Waals surface area contributed by atoms with E-state index in [1.54, 1.807) is 0 Å². The summed E-state index contributed by atoms with van der Waals surface area (Å²) in [7, 11) is -4.23. The van der Waals surface area contributed by atoms with Crippen LogP contribution in [0.15, 0.2) is 98.8 Å². The Morgan fingerprint density at radius 2 is 1.41 bits per heavy atom. The number of rotatable bonds is 8. The molecule has 1 unspecified atom stereocenters. The van der Waals surface area contributed by atoms with E-state index >= 15 is 0 Å². The summed E-state index contributed by atoms with van der Waals surface area (Å²) in [4.78, 5) is 10.3. The minimum Gasteiger partial charge on any atom is -0.508 e. The second-order valence-electron chi connectivity index (χ2n) is 8.89. The largest absolute Gasteiger partial charge is 0.508 e. The molecule has 9 nitrogen and oxygen atoms in total. The number of benzene rings is 4. The molecule has 5 aromatic rings. The standard InChI is InChI=1S/C27H21Br2N3O6S/c28-17-1-11-26-24(13-17)25-14-18(29)2-12-27(25)30(26)15-22(34)16-31(19-3-7-21(33)8-4-19)39(37,38)23-9-5-20(6-10-23)32(35)36/h1-14,22,33-34H,15-16H2. The number of nitro benzene ring substituents is 1. The number of hydrogen-bond acceptors (Lipinski definition) is 6. The zero-order valence-electron chi connectivity index (χ0n) is 20.1. The maximum absolute atomic E-state index is 13.7. The maximum Gasteiger partial charge on any atom is 0.269 e. The predicted octanol–water partition coefficient (Wildman–Crippen LogP) is 6.19. The van der Waals surface area contributed by atoms with Crippen molar-refractivity contribution in [2.45, 2.75) is 17.5 Å². The Morgan fingerprint density at radius 1 is 0.872 bits per heavy atom. The van der Waals surface area contributed by atoms with Crippen LogP contribution in [-0.4, -0.2) is 40.8 Å². The van der Waals surface area contributed by atoms with Gasteiger partial charge < -0.3 is 14.8 Å². The van der Waals surface area contributed by atoms with Crippen LogP contribution in [0.1, 0.15) is 0 Å².